The molecule has 1 saturated carbocycles. The van der Waals surface area contributed by atoms with Crippen molar-refractivity contribution in [1.82, 2.24) is 0 Å². The molecule has 1 aliphatic heterocycles. The molecule has 0 bridgehead atoms. The van der Waals surface area contributed by atoms with Gasteiger partial charge in [-0.05, 0) is 65.4 Å². The minimum absolute atomic E-state index is 0.0363. The number of sulfone groups is 2. The lowest BCUT2D eigenvalue weighted by Gasteiger charge is -2.30. The fourth-order valence-electron chi connectivity index (χ4n) is 5.44. The number of carboxylic acids is 1. The first-order valence-electron chi connectivity index (χ1n) is 13.5. The molecule has 8 nitrogen and oxygen atoms in total. The standard InChI is InChI=1S/C31H31NO7S2/c33-30(34)16-11-22-5-4-8-27(19-22)32(31(35)25-6-2-1-3-7-25)21-23-9-12-24(13-10-23)26-14-15-28-29(20-26)41(38,39)18-17-40(28,36)37/h4-5,8-16,19-20,25H,1-3,6-7,17-18,21H2,(H,33,34)/b16-11+. The van der Waals surface area contributed by atoms with E-state index in [9.17, 15) is 26.4 Å². The highest BCUT2D eigenvalue weighted by Crippen LogP contribution is 2.33. The van der Waals surface area contributed by atoms with Gasteiger partial charge in [0.25, 0.3) is 0 Å². The predicted octanol–water partition coefficient (Wildman–Crippen LogP) is 5.13. The van der Waals surface area contributed by atoms with E-state index < -0.39 is 37.1 Å². The van der Waals surface area contributed by atoms with Crippen LogP contribution in [0.15, 0.2) is 82.6 Å². The number of carbonyl (C=O) groups is 2. The van der Waals surface area contributed by atoms with Gasteiger partial charge in [-0.2, -0.15) is 0 Å². The third-order valence-electron chi connectivity index (χ3n) is 7.68. The van der Waals surface area contributed by atoms with Gasteiger partial charge < -0.3 is 10.0 Å². The SMILES string of the molecule is O=C(O)/C=C/c1cccc(N(Cc2ccc(-c3ccc4c(c3)S(=O)(=O)CCS4(=O)=O)cc2)C(=O)C2CCCCC2)c1. The Labute approximate surface area is 240 Å². The molecule has 10 heteroatoms. The number of fused-ring (bicyclic) bond motifs is 1. The van der Waals surface area contributed by atoms with Gasteiger partial charge in [0.15, 0.2) is 19.7 Å². The van der Waals surface area contributed by atoms with E-state index in [2.05, 4.69) is 0 Å². The Morgan fingerprint density at radius 2 is 1.46 bits per heavy atom. The Kier molecular flexibility index (Phi) is 8.15. The lowest BCUT2D eigenvalue weighted by Crippen LogP contribution is -2.36. The third kappa shape index (κ3) is 6.44. The molecule has 1 aliphatic carbocycles. The number of aliphatic carboxylic acids is 1. The van der Waals surface area contributed by atoms with Crippen molar-refractivity contribution >= 4 is 43.3 Å². The van der Waals surface area contributed by atoms with E-state index in [4.69, 9.17) is 5.11 Å². The zero-order valence-corrected chi connectivity index (χ0v) is 24.0. The number of carbonyl (C=O) groups excluding carboxylic acids is 1. The van der Waals surface area contributed by atoms with Crippen LogP contribution in [0.25, 0.3) is 17.2 Å². The first-order valence-corrected chi connectivity index (χ1v) is 16.9. The number of nitrogens with zero attached hydrogens (tertiary/aromatic N) is 1. The number of carboxylic acid groups (broad SMARTS) is 1. The molecular weight excluding hydrogens is 562 g/mol. The summed E-state index contributed by atoms with van der Waals surface area (Å²) in [6, 6.07) is 19.0. The van der Waals surface area contributed by atoms with Crippen LogP contribution >= 0.6 is 0 Å². The van der Waals surface area contributed by atoms with E-state index in [1.165, 1.54) is 18.2 Å². The van der Waals surface area contributed by atoms with Crippen LogP contribution < -0.4 is 4.90 Å². The Balaban J connectivity index is 1.44. The van der Waals surface area contributed by atoms with Crippen LogP contribution in [-0.2, 0) is 35.8 Å². The maximum Gasteiger partial charge on any atom is 0.328 e. The predicted molar refractivity (Wildman–Crippen MR) is 157 cm³/mol. The highest BCUT2D eigenvalue weighted by molar-refractivity contribution is 7.97. The number of hydrogen-bond acceptors (Lipinski definition) is 6. The van der Waals surface area contributed by atoms with Gasteiger partial charge in [-0.25, -0.2) is 21.6 Å². The fraction of sp³-hybridized carbons (Fsp3) is 0.290. The average Bonchev–Trinajstić information content (AvgIpc) is 2.97. The Bertz CT molecular complexity index is 1720. The summed E-state index contributed by atoms with van der Waals surface area (Å²) in [4.78, 5) is 26.2. The van der Waals surface area contributed by atoms with Gasteiger partial charge in [0, 0.05) is 17.7 Å². The third-order valence-corrected chi connectivity index (χ3v) is 11.6. The summed E-state index contributed by atoms with van der Waals surface area (Å²) in [6.07, 6.45) is 7.38. The molecule has 3 aromatic carbocycles. The zero-order chi connectivity index (χ0) is 29.2. The molecule has 41 heavy (non-hydrogen) atoms. The maximum atomic E-state index is 13.7. The molecule has 0 unspecified atom stereocenters. The molecule has 214 valence electrons. The van der Waals surface area contributed by atoms with Gasteiger partial charge >= 0.3 is 5.97 Å². The van der Waals surface area contributed by atoms with Gasteiger partial charge in [0.05, 0.1) is 27.8 Å². The van der Waals surface area contributed by atoms with E-state index in [-0.39, 0.29) is 21.6 Å². The van der Waals surface area contributed by atoms with Gasteiger partial charge in [-0.3, -0.25) is 4.79 Å². The number of rotatable bonds is 7. The summed E-state index contributed by atoms with van der Waals surface area (Å²) in [5, 5.41) is 9.01. The van der Waals surface area contributed by atoms with E-state index in [0.29, 0.717) is 23.4 Å². The van der Waals surface area contributed by atoms with Crippen molar-refractivity contribution in [2.75, 3.05) is 16.4 Å². The maximum absolute atomic E-state index is 13.7. The minimum Gasteiger partial charge on any atom is -0.478 e. The van der Waals surface area contributed by atoms with Gasteiger partial charge in [0.1, 0.15) is 0 Å². The van der Waals surface area contributed by atoms with Crippen LogP contribution in [0, 0.1) is 5.92 Å². The summed E-state index contributed by atoms with van der Waals surface area (Å²) in [7, 11) is -7.33. The molecule has 0 aromatic heterocycles. The monoisotopic (exact) mass is 593 g/mol. The molecule has 0 spiro atoms. The summed E-state index contributed by atoms with van der Waals surface area (Å²) in [6.45, 7) is 0.304. The normalized spacial score (nSPS) is 18.0. The molecule has 1 fully saturated rings. The molecule has 5 rings (SSSR count). The molecule has 1 heterocycles. The van der Waals surface area contributed by atoms with E-state index in [1.807, 2.05) is 30.3 Å². The van der Waals surface area contributed by atoms with Crippen LogP contribution in [0.3, 0.4) is 0 Å². The summed E-state index contributed by atoms with van der Waals surface area (Å²) in [5.74, 6) is -1.93. The van der Waals surface area contributed by atoms with Crippen molar-refractivity contribution in [3.05, 3.63) is 83.9 Å². The number of amides is 1. The first kappa shape index (κ1) is 28.8. The second kappa shape index (κ2) is 11.6. The largest absolute Gasteiger partial charge is 0.478 e. The Morgan fingerprint density at radius 1 is 0.805 bits per heavy atom. The second-order valence-corrected chi connectivity index (χ2v) is 14.7. The zero-order valence-electron chi connectivity index (χ0n) is 22.4. The van der Waals surface area contributed by atoms with Crippen molar-refractivity contribution in [3.8, 4) is 11.1 Å². The fourth-order valence-corrected chi connectivity index (χ4v) is 9.72. The summed E-state index contributed by atoms with van der Waals surface area (Å²) < 4.78 is 50.0. The van der Waals surface area contributed by atoms with Crippen LogP contribution in [0.4, 0.5) is 5.69 Å². The molecule has 3 aromatic rings. The van der Waals surface area contributed by atoms with Gasteiger partial charge in [0.2, 0.25) is 5.91 Å². The smallest absolute Gasteiger partial charge is 0.328 e. The van der Waals surface area contributed by atoms with Crippen molar-refractivity contribution < 1.29 is 31.5 Å². The van der Waals surface area contributed by atoms with Gasteiger partial charge in [-0.15, -0.1) is 0 Å². The van der Waals surface area contributed by atoms with E-state index >= 15 is 0 Å². The molecule has 0 radical (unpaired) electrons. The molecule has 1 N–H and O–H groups in total. The Hall–Kier alpha value is -3.76. The van der Waals surface area contributed by atoms with E-state index in [0.717, 1.165) is 49.3 Å². The Morgan fingerprint density at radius 3 is 2.15 bits per heavy atom. The van der Waals surface area contributed by atoms with Crippen LogP contribution in [-0.4, -0.2) is 45.3 Å². The molecule has 0 atom stereocenters. The topological polar surface area (TPSA) is 126 Å². The lowest BCUT2D eigenvalue weighted by molar-refractivity contribution is -0.131. The van der Waals surface area contributed by atoms with Crippen molar-refractivity contribution in [1.29, 1.82) is 0 Å². The summed E-state index contributed by atoms with van der Waals surface area (Å²) in [5.41, 5.74) is 3.52. The summed E-state index contributed by atoms with van der Waals surface area (Å²) >= 11 is 0. The van der Waals surface area contributed by atoms with Crippen molar-refractivity contribution in [2.24, 2.45) is 5.92 Å². The van der Waals surface area contributed by atoms with Crippen LogP contribution in [0.1, 0.15) is 43.2 Å². The van der Waals surface area contributed by atoms with Gasteiger partial charge in [-0.1, -0.05) is 61.7 Å². The molecule has 0 saturated heterocycles. The number of hydrogen-bond donors (Lipinski definition) is 1. The highest BCUT2D eigenvalue weighted by Gasteiger charge is 2.34. The number of benzene rings is 3. The van der Waals surface area contributed by atoms with Crippen LogP contribution in [0.2, 0.25) is 0 Å². The van der Waals surface area contributed by atoms with Crippen LogP contribution in [0.5, 0.6) is 0 Å². The number of anilines is 1. The highest BCUT2D eigenvalue weighted by atomic mass is 32.2. The molecule has 2 aliphatic rings. The van der Waals surface area contributed by atoms with Crippen molar-refractivity contribution in [2.45, 2.75) is 48.4 Å². The van der Waals surface area contributed by atoms with Crippen molar-refractivity contribution in [3.63, 3.8) is 0 Å². The average molecular weight is 594 g/mol. The molecule has 1 amide bonds. The lowest BCUT2D eigenvalue weighted by atomic mass is 9.88. The minimum atomic E-state index is -3.69. The first-order chi connectivity index (χ1) is 19.5. The molecular formula is C31H31NO7S2. The quantitative estimate of drug-likeness (QED) is 0.377. The second-order valence-electron chi connectivity index (χ2n) is 10.5. The van der Waals surface area contributed by atoms with E-state index in [1.54, 1.807) is 29.2 Å².